The van der Waals surface area contributed by atoms with E-state index < -0.39 is 6.17 Å². The molecule has 0 N–H and O–H groups in total. The number of alkyl halides is 1. The molecule has 0 bridgehead atoms. The van der Waals surface area contributed by atoms with Gasteiger partial charge in [0, 0.05) is 23.9 Å². The van der Waals surface area contributed by atoms with Crippen molar-refractivity contribution in [1.82, 2.24) is 19.4 Å². The van der Waals surface area contributed by atoms with E-state index in [4.69, 9.17) is 4.98 Å². The SMILES string of the molecule is CN1CC[C@@H](n2c([C@H]3CC[C@H](F)C3)nc3cnc4ccc(F)cc4c32)C1. The third kappa shape index (κ3) is 2.50. The van der Waals surface area contributed by atoms with E-state index in [9.17, 15) is 8.78 Å². The first-order valence-electron chi connectivity index (χ1n) is 9.39. The lowest BCUT2D eigenvalue weighted by molar-refractivity contribution is 0.336. The molecule has 4 nitrogen and oxygen atoms in total. The van der Waals surface area contributed by atoms with Crippen LogP contribution in [0.15, 0.2) is 24.4 Å². The molecule has 1 aliphatic carbocycles. The van der Waals surface area contributed by atoms with Crippen LogP contribution in [0.5, 0.6) is 0 Å². The molecule has 0 amide bonds. The van der Waals surface area contributed by atoms with Gasteiger partial charge >= 0.3 is 0 Å². The number of aromatic nitrogens is 3. The van der Waals surface area contributed by atoms with Gasteiger partial charge in [-0.1, -0.05) is 0 Å². The lowest BCUT2D eigenvalue weighted by atomic mass is 10.1. The van der Waals surface area contributed by atoms with Crippen molar-refractivity contribution in [1.29, 1.82) is 0 Å². The highest BCUT2D eigenvalue weighted by Crippen LogP contribution is 2.40. The summed E-state index contributed by atoms with van der Waals surface area (Å²) in [6.07, 6.45) is 4.02. The number of likely N-dealkylation sites (tertiary alicyclic amines) is 1. The molecule has 5 rings (SSSR count). The summed E-state index contributed by atoms with van der Waals surface area (Å²) in [6.45, 7) is 1.96. The minimum Gasteiger partial charge on any atom is -0.323 e. The van der Waals surface area contributed by atoms with Crippen LogP contribution in [0.1, 0.15) is 43.5 Å². The zero-order chi connectivity index (χ0) is 17.8. The lowest BCUT2D eigenvalue weighted by Gasteiger charge is -2.20. The highest BCUT2D eigenvalue weighted by molar-refractivity contribution is 6.02. The molecule has 6 heteroatoms. The summed E-state index contributed by atoms with van der Waals surface area (Å²) in [5, 5.41) is 0.797. The van der Waals surface area contributed by atoms with E-state index in [1.54, 1.807) is 18.3 Å². The Hall–Kier alpha value is -2.08. The fraction of sp³-hybridized carbons (Fsp3) is 0.500. The summed E-state index contributed by atoms with van der Waals surface area (Å²) < 4.78 is 30.1. The molecule has 1 saturated heterocycles. The second-order valence-electron chi connectivity index (χ2n) is 7.81. The summed E-state index contributed by atoms with van der Waals surface area (Å²) in [7, 11) is 2.12. The third-order valence-electron chi connectivity index (χ3n) is 5.97. The highest BCUT2D eigenvalue weighted by Gasteiger charge is 2.33. The maximum atomic E-state index is 14.0. The fourth-order valence-corrected chi connectivity index (χ4v) is 4.71. The molecule has 0 radical (unpaired) electrons. The zero-order valence-corrected chi connectivity index (χ0v) is 14.8. The van der Waals surface area contributed by atoms with Crippen LogP contribution in [0.4, 0.5) is 8.78 Å². The van der Waals surface area contributed by atoms with E-state index in [1.807, 2.05) is 0 Å². The standard InChI is InChI=1S/C20H22F2N4/c1-25-7-6-15(11-25)26-19-16-9-14(22)4-5-17(16)23-10-18(19)24-20(26)12-2-3-13(21)8-12/h4-5,9-10,12-13,15H,2-3,6-8,11H2,1H3/t12-,13-,15+/m0/s1. The van der Waals surface area contributed by atoms with E-state index in [1.165, 1.54) is 6.07 Å². The average molecular weight is 356 g/mol. The van der Waals surface area contributed by atoms with Crippen molar-refractivity contribution in [2.75, 3.05) is 20.1 Å². The average Bonchev–Trinajstić information content (AvgIpc) is 3.32. The highest BCUT2D eigenvalue weighted by atomic mass is 19.1. The molecule has 1 aliphatic heterocycles. The van der Waals surface area contributed by atoms with Crippen LogP contribution in [0.25, 0.3) is 21.9 Å². The number of imidazole rings is 1. The Morgan fingerprint density at radius 1 is 1.15 bits per heavy atom. The molecule has 0 spiro atoms. The van der Waals surface area contributed by atoms with E-state index in [0.717, 1.165) is 53.7 Å². The third-order valence-corrected chi connectivity index (χ3v) is 5.97. The zero-order valence-electron chi connectivity index (χ0n) is 14.8. The second kappa shape index (κ2) is 5.98. The Labute approximate surface area is 150 Å². The number of hydrogen-bond donors (Lipinski definition) is 0. The Balaban J connectivity index is 1.78. The number of nitrogens with zero attached hydrogens (tertiary/aromatic N) is 4. The number of pyridine rings is 1. The maximum Gasteiger partial charge on any atom is 0.124 e. The first-order chi connectivity index (χ1) is 12.6. The topological polar surface area (TPSA) is 34.0 Å². The summed E-state index contributed by atoms with van der Waals surface area (Å²) in [5.74, 6) is 0.820. The van der Waals surface area contributed by atoms with Crippen LogP contribution in [0.3, 0.4) is 0 Å². The molecule has 3 atom stereocenters. The number of hydrogen-bond acceptors (Lipinski definition) is 3. The fourth-order valence-electron chi connectivity index (χ4n) is 4.71. The van der Waals surface area contributed by atoms with Gasteiger partial charge in [-0.15, -0.1) is 0 Å². The Kier molecular flexibility index (Phi) is 3.71. The van der Waals surface area contributed by atoms with Crippen LogP contribution >= 0.6 is 0 Å². The van der Waals surface area contributed by atoms with Crippen LogP contribution in [-0.2, 0) is 0 Å². The van der Waals surface area contributed by atoms with Gasteiger partial charge in [0.1, 0.15) is 23.3 Å². The van der Waals surface area contributed by atoms with E-state index in [-0.39, 0.29) is 17.8 Å². The predicted octanol–water partition coefficient (Wildman–Crippen LogP) is 4.21. The van der Waals surface area contributed by atoms with Gasteiger partial charge in [0.25, 0.3) is 0 Å². The van der Waals surface area contributed by atoms with Gasteiger partial charge in [-0.2, -0.15) is 0 Å². The van der Waals surface area contributed by atoms with Crippen molar-refractivity contribution in [3.05, 3.63) is 36.0 Å². The van der Waals surface area contributed by atoms with E-state index in [0.29, 0.717) is 12.8 Å². The maximum absolute atomic E-state index is 14.0. The lowest BCUT2D eigenvalue weighted by Crippen LogP contribution is -2.19. The van der Waals surface area contributed by atoms with Crippen molar-refractivity contribution < 1.29 is 8.78 Å². The van der Waals surface area contributed by atoms with Gasteiger partial charge in [0.2, 0.25) is 0 Å². The Bertz CT molecular complexity index is 983. The Morgan fingerprint density at radius 3 is 2.77 bits per heavy atom. The summed E-state index contributed by atoms with van der Waals surface area (Å²) in [5.41, 5.74) is 2.51. The van der Waals surface area contributed by atoms with Gasteiger partial charge < -0.3 is 9.47 Å². The molecular formula is C20H22F2N4. The van der Waals surface area contributed by atoms with Gasteiger partial charge in [-0.05, 0) is 57.5 Å². The summed E-state index contributed by atoms with van der Waals surface area (Å²) in [6, 6.07) is 5.00. The summed E-state index contributed by atoms with van der Waals surface area (Å²) in [4.78, 5) is 11.6. The molecule has 1 aromatic carbocycles. The molecule has 2 aromatic heterocycles. The van der Waals surface area contributed by atoms with Crippen LogP contribution in [-0.4, -0.2) is 45.7 Å². The van der Waals surface area contributed by atoms with Crippen molar-refractivity contribution in [3.63, 3.8) is 0 Å². The minimum absolute atomic E-state index is 0.131. The van der Waals surface area contributed by atoms with Crippen molar-refractivity contribution >= 4 is 21.9 Å². The van der Waals surface area contributed by atoms with Gasteiger partial charge in [-0.25, -0.2) is 13.8 Å². The molecule has 2 fully saturated rings. The molecular weight excluding hydrogens is 334 g/mol. The number of rotatable bonds is 2. The molecule has 26 heavy (non-hydrogen) atoms. The quantitative estimate of drug-likeness (QED) is 0.690. The molecule has 3 aromatic rings. The van der Waals surface area contributed by atoms with Gasteiger partial charge in [0.15, 0.2) is 0 Å². The number of benzene rings is 1. The number of likely N-dealkylation sites (N-methyl/N-ethyl adjacent to an activating group) is 1. The van der Waals surface area contributed by atoms with E-state index in [2.05, 4.69) is 21.5 Å². The van der Waals surface area contributed by atoms with Crippen LogP contribution in [0.2, 0.25) is 0 Å². The first-order valence-corrected chi connectivity index (χ1v) is 9.39. The predicted molar refractivity (Wildman–Crippen MR) is 97.6 cm³/mol. The van der Waals surface area contributed by atoms with E-state index >= 15 is 0 Å². The van der Waals surface area contributed by atoms with Gasteiger partial charge in [-0.3, -0.25) is 4.98 Å². The normalized spacial score (nSPS) is 27.1. The minimum atomic E-state index is -0.744. The monoisotopic (exact) mass is 356 g/mol. The molecule has 0 unspecified atom stereocenters. The molecule has 136 valence electrons. The van der Waals surface area contributed by atoms with Crippen molar-refractivity contribution in [2.24, 2.45) is 0 Å². The first kappa shape index (κ1) is 16.1. The largest absolute Gasteiger partial charge is 0.323 e. The van der Waals surface area contributed by atoms with Crippen molar-refractivity contribution in [2.45, 2.75) is 43.8 Å². The number of fused-ring (bicyclic) bond motifs is 3. The smallest absolute Gasteiger partial charge is 0.124 e. The second-order valence-corrected chi connectivity index (χ2v) is 7.81. The molecule has 2 aliphatic rings. The van der Waals surface area contributed by atoms with Crippen molar-refractivity contribution in [3.8, 4) is 0 Å². The summed E-state index contributed by atoms with van der Waals surface area (Å²) >= 11 is 0. The van der Waals surface area contributed by atoms with Gasteiger partial charge in [0.05, 0.1) is 17.2 Å². The molecule has 1 saturated carbocycles. The Morgan fingerprint density at radius 2 is 2.04 bits per heavy atom. The number of halogens is 2. The van der Waals surface area contributed by atoms with Crippen LogP contribution in [0, 0.1) is 5.82 Å². The molecule has 3 heterocycles. The van der Waals surface area contributed by atoms with Crippen LogP contribution < -0.4 is 0 Å².